The summed E-state index contributed by atoms with van der Waals surface area (Å²) in [6, 6.07) is 0.356. The minimum atomic E-state index is -0.750. The van der Waals surface area contributed by atoms with Crippen LogP contribution in [0.4, 0.5) is 0 Å². The van der Waals surface area contributed by atoms with Gasteiger partial charge in [0, 0.05) is 30.8 Å². The van der Waals surface area contributed by atoms with Crippen molar-refractivity contribution in [2.45, 2.75) is 45.8 Å². The van der Waals surface area contributed by atoms with Crippen molar-refractivity contribution in [3.05, 3.63) is 18.0 Å². The number of aliphatic hydroxyl groups excluding tert-OH is 1. The second-order valence-electron chi connectivity index (χ2n) is 4.90. The molecule has 0 amide bonds. The number of rotatable bonds is 9. The van der Waals surface area contributed by atoms with Gasteiger partial charge >= 0.3 is 5.97 Å². The van der Waals surface area contributed by atoms with Crippen LogP contribution in [0.1, 0.15) is 32.3 Å². The summed E-state index contributed by atoms with van der Waals surface area (Å²) in [5.74, 6) is -0.750. The first-order valence-corrected chi connectivity index (χ1v) is 6.61. The smallest absolute Gasteiger partial charge is 0.303 e. The Kier molecular flexibility index (Phi) is 6.52. The molecule has 1 aromatic heterocycles. The molecule has 108 valence electrons. The summed E-state index contributed by atoms with van der Waals surface area (Å²) in [5.41, 5.74) is 1.08. The minimum Gasteiger partial charge on any atom is -0.481 e. The van der Waals surface area contributed by atoms with Gasteiger partial charge in [-0.15, -0.1) is 0 Å². The van der Waals surface area contributed by atoms with Crippen LogP contribution in [0, 0.1) is 0 Å². The van der Waals surface area contributed by atoms with Gasteiger partial charge in [-0.2, -0.15) is 5.10 Å². The molecule has 6 heteroatoms. The Morgan fingerprint density at radius 1 is 1.53 bits per heavy atom. The summed E-state index contributed by atoms with van der Waals surface area (Å²) in [5, 5.41) is 21.7. The Hall–Kier alpha value is -1.40. The fourth-order valence-electron chi connectivity index (χ4n) is 1.90. The molecule has 1 aromatic rings. The fourth-order valence-corrected chi connectivity index (χ4v) is 1.90. The number of carboxylic acid groups (broad SMARTS) is 1. The van der Waals surface area contributed by atoms with Gasteiger partial charge in [-0.3, -0.25) is 14.4 Å². The number of aromatic nitrogens is 2. The van der Waals surface area contributed by atoms with E-state index in [2.05, 4.69) is 23.8 Å². The Labute approximate surface area is 113 Å². The second-order valence-corrected chi connectivity index (χ2v) is 4.90. The number of aliphatic carboxylic acids is 1. The number of carbonyl (C=O) groups is 1. The predicted molar refractivity (Wildman–Crippen MR) is 71.7 cm³/mol. The van der Waals surface area contributed by atoms with Crippen molar-refractivity contribution in [1.82, 2.24) is 14.7 Å². The average molecular weight is 269 g/mol. The van der Waals surface area contributed by atoms with Gasteiger partial charge in [0.1, 0.15) is 0 Å². The third-order valence-electron chi connectivity index (χ3n) is 2.97. The van der Waals surface area contributed by atoms with E-state index in [1.165, 1.54) is 0 Å². The molecule has 0 bridgehead atoms. The summed E-state index contributed by atoms with van der Waals surface area (Å²) in [4.78, 5) is 12.8. The molecular formula is C13H23N3O3. The van der Waals surface area contributed by atoms with E-state index in [-0.39, 0.29) is 13.0 Å². The van der Waals surface area contributed by atoms with E-state index in [4.69, 9.17) is 10.2 Å². The second kappa shape index (κ2) is 7.91. The van der Waals surface area contributed by atoms with E-state index in [1.807, 2.05) is 6.20 Å². The normalized spacial score (nSPS) is 11.4. The van der Waals surface area contributed by atoms with Crippen molar-refractivity contribution >= 4 is 5.97 Å². The van der Waals surface area contributed by atoms with E-state index < -0.39 is 5.97 Å². The molecule has 0 saturated heterocycles. The lowest BCUT2D eigenvalue weighted by molar-refractivity contribution is -0.137. The Morgan fingerprint density at radius 2 is 2.26 bits per heavy atom. The first kappa shape index (κ1) is 15.7. The third-order valence-corrected chi connectivity index (χ3v) is 2.97. The summed E-state index contributed by atoms with van der Waals surface area (Å²) in [6.45, 7) is 6.28. The molecule has 6 nitrogen and oxygen atoms in total. The topological polar surface area (TPSA) is 78.6 Å². The van der Waals surface area contributed by atoms with Gasteiger partial charge in [-0.1, -0.05) is 0 Å². The van der Waals surface area contributed by atoms with Crippen LogP contribution in [0.5, 0.6) is 0 Å². The molecule has 0 aliphatic carbocycles. The lowest BCUT2D eigenvalue weighted by Gasteiger charge is -2.25. The first-order valence-electron chi connectivity index (χ1n) is 6.61. The zero-order valence-electron chi connectivity index (χ0n) is 11.6. The number of aliphatic hydroxyl groups is 1. The molecule has 0 spiro atoms. The van der Waals surface area contributed by atoms with Crippen LogP contribution in [0.3, 0.4) is 0 Å². The molecule has 1 rings (SSSR count). The lowest BCUT2D eigenvalue weighted by Crippen LogP contribution is -2.31. The van der Waals surface area contributed by atoms with Crippen LogP contribution in [0.2, 0.25) is 0 Å². The van der Waals surface area contributed by atoms with E-state index in [0.29, 0.717) is 19.0 Å². The number of nitrogens with zero attached hydrogens (tertiary/aromatic N) is 3. The molecule has 0 unspecified atom stereocenters. The molecule has 0 aromatic carbocycles. The van der Waals surface area contributed by atoms with Gasteiger partial charge in [0.15, 0.2) is 0 Å². The largest absolute Gasteiger partial charge is 0.481 e. The lowest BCUT2D eigenvalue weighted by atomic mass is 10.2. The standard InChI is InChI=1S/C13H23N3O3/c1-11(2)15(5-3-4-13(18)19)9-12-8-14-16(10-12)6-7-17/h8,10-11,17H,3-7,9H2,1-2H3,(H,18,19). The molecule has 0 aliphatic rings. The Balaban J connectivity index is 2.49. The number of hydrogen-bond donors (Lipinski definition) is 2. The zero-order chi connectivity index (χ0) is 14.3. The maximum absolute atomic E-state index is 10.5. The van der Waals surface area contributed by atoms with Crippen molar-refractivity contribution in [1.29, 1.82) is 0 Å². The molecule has 0 saturated carbocycles. The molecule has 0 radical (unpaired) electrons. The van der Waals surface area contributed by atoms with Crippen molar-refractivity contribution in [2.75, 3.05) is 13.2 Å². The van der Waals surface area contributed by atoms with E-state index in [1.54, 1.807) is 10.9 Å². The van der Waals surface area contributed by atoms with Crippen LogP contribution in [-0.4, -0.2) is 50.1 Å². The molecule has 0 atom stereocenters. The Bertz CT molecular complexity index is 390. The van der Waals surface area contributed by atoms with Gasteiger partial charge in [0.25, 0.3) is 0 Å². The quantitative estimate of drug-likeness (QED) is 0.698. The third kappa shape index (κ3) is 5.85. The number of hydrogen-bond acceptors (Lipinski definition) is 4. The highest BCUT2D eigenvalue weighted by molar-refractivity contribution is 5.66. The molecule has 0 aliphatic heterocycles. The maximum Gasteiger partial charge on any atom is 0.303 e. The highest BCUT2D eigenvalue weighted by atomic mass is 16.4. The summed E-state index contributed by atoms with van der Waals surface area (Å²) >= 11 is 0. The first-order chi connectivity index (χ1) is 9.02. The fraction of sp³-hybridized carbons (Fsp3) is 0.692. The minimum absolute atomic E-state index is 0.0770. The van der Waals surface area contributed by atoms with Crippen molar-refractivity contribution in [3.8, 4) is 0 Å². The van der Waals surface area contributed by atoms with Crippen molar-refractivity contribution in [3.63, 3.8) is 0 Å². The van der Waals surface area contributed by atoms with E-state index in [9.17, 15) is 4.79 Å². The molecule has 19 heavy (non-hydrogen) atoms. The zero-order valence-corrected chi connectivity index (χ0v) is 11.6. The van der Waals surface area contributed by atoms with Crippen LogP contribution in [0.15, 0.2) is 12.4 Å². The summed E-state index contributed by atoms with van der Waals surface area (Å²) < 4.78 is 1.71. The Morgan fingerprint density at radius 3 is 2.84 bits per heavy atom. The number of carboxylic acids is 1. The van der Waals surface area contributed by atoms with Crippen LogP contribution >= 0.6 is 0 Å². The van der Waals surface area contributed by atoms with E-state index >= 15 is 0 Å². The average Bonchev–Trinajstić information content (AvgIpc) is 2.75. The summed E-state index contributed by atoms with van der Waals surface area (Å²) in [7, 11) is 0. The monoisotopic (exact) mass is 269 g/mol. The van der Waals surface area contributed by atoms with Gasteiger partial charge < -0.3 is 10.2 Å². The highest BCUT2D eigenvalue weighted by Crippen LogP contribution is 2.09. The van der Waals surface area contributed by atoms with Crippen LogP contribution < -0.4 is 0 Å². The van der Waals surface area contributed by atoms with Gasteiger partial charge in [0.2, 0.25) is 0 Å². The van der Waals surface area contributed by atoms with Gasteiger partial charge in [0.05, 0.1) is 19.3 Å². The summed E-state index contributed by atoms with van der Waals surface area (Å²) in [6.07, 6.45) is 4.57. The maximum atomic E-state index is 10.5. The van der Waals surface area contributed by atoms with E-state index in [0.717, 1.165) is 18.7 Å². The highest BCUT2D eigenvalue weighted by Gasteiger charge is 2.12. The predicted octanol–water partition coefficient (Wildman–Crippen LogP) is 0.951. The van der Waals surface area contributed by atoms with Gasteiger partial charge in [-0.25, -0.2) is 0 Å². The van der Waals surface area contributed by atoms with Gasteiger partial charge in [-0.05, 0) is 26.8 Å². The van der Waals surface area contributed by atoms with Crippen molar-refractivity contribution in [2.24, 2.45) is 0 Å². The van der Waals surface area contributed by atoms with Crippen LogP contribution in [0.25, 0.3) is 0 Å². The van der Waals surface area contributed by atoms with Crippen molar-refractivity contribution < 1.29 is 15.0 Å². The molecule has 0 fully saturated rings. The molecular weight excluding hydrogens is 246 g/mol. The SMILES string of the molecule is CC(C)N(CCCC(=O)O)Cc1cnn(CCO)c1. The van der Waals surface area contributed by atoms with Crippen LogP contribution in [-0.2, 0) is 17.9 Å². The molecule has 1 heterocycles. The molecule has 2 N–H and O–H groups in total.